The molecule has 1 aliphatic rings. The summed E-state index contributed by atoms with van der Waals surface area (Å²) in [5.41, 5.74) is 2.58. The van der Waals surface area contributed by atoms with Crippen molar-refractivity contribution < 1.29 is 0 Å². The fourth-order valence-corrected chi connectivity index (χ4v) is 2.89. The van der Waals surface area contributed by atoms with Crippen LogP contribution in [0.25, 0.3) is 0 Å². The van der Waals surface area contributed by atoms with E-state index in [0.717, 1.165) is 37.6 Å². The number of hydrogen-bond donors (Lipinski definition) is 1. The smallest absolute Gasteiger partial charge is 0.140 e. The molecule has 1 unspecified atom stereocenters. The molecular weight excluding hydrogens is 236 g/mol. The lowest BCUT2D eigenvalue weighted by Gasteiger charge is -2.26. The van der Waals surface area contributed by atoms with Crippen LogP contribution in [0.4, 0.5) is 5.69 Å². The molecule has 0 saturated heterocycles. The van der Waals surface area contributed by atoms with E-state index in [1.54, 1.807) is 0 Å². The first-order valence-corrected chi connectivity index (χ1v) is 7.03. The Bertz CT molecular complexity index is 573. The lowest BCUT2D eigenvalue weighted by Crippen LogP contribution is -2.21. The topological polar surface area (TPSA) is 42.7 Å². The molecule has 0 aliphatic carbocycles. The number of aromatic nitrogens is 3. The molecule has 1 N–H and O–H groups in total. The molecule has 100 valence electrons. The minimum atomic E-state index is 0.366. The van der Waals surface area contributed by atoms with Gasteiger partial charge in [0.1, 0.15) is 11.6 Å². The molecule has 1 atom stereocenters. The first-order valence-electron chi connectivity index (χ1n) is 7.03. The molecule has 1 aromatic carbocycles. The molecule has 0 saturated carbocycles. The Morgan fingerprint density at radius 1 is 1.32 bits per heavy atom. The Hall–Kier alpha value is -1.84. The van der Waals surface area contributed by atoms with Crippen LogP contribution in [0.3, 0.4) is 0 Å². The van der Waals surface area contributed by atoms with Crippen LogP contribution < -0.4 is 5.32 Å². The van der Waals surface area contributed by atoms with Crippen molar-refractivity contribution >= 4 is 5.69 Å². The largest absolute Gasteiger partial charge is 0.385 e. The van der Waals surface area contributed by atoms with E-state index in [2.05, 4.69) is 51.3 Å². The van der Waals surface area contributed by atoms with Gasteiger partial charge in [0.05, 0.1) is 0 Å². The zero-order valence-corrected chi connectivity index (χ0v) is 11.6. The molecule has 1 aliphatic heterocycles. The maximum atomic E-state index is 4.44. The monoisotopic (exact) mass is 256 g/mol. The number of benzene rings is 1. The van der Waals surface area contributed by atoms with Crippen molar-refractivity contribution in [1.29, 1.82) is 0 Å². The summed E-state index contributed by atoms with van der Waals surface area (Å²) in [7, 11) is 0. The van der Waals surface area contributed by atoms with Gasteiger partial charge in [-0.05, 0) is 31.4 Å². The Morgan fingerprint density at radius 3 is 3.00 bits per heavy atom. The van der Waals surface area contributed by atoms with Gasteiger partial charge < -0.3 is 9.88 Å². The van der Waals surface area contributed by atoms with Gasteiger partial charge in [0.2, 0.25) is 0 Å². The average molecular weight is 256 g/mol. The van der Waals surface area contributed by atoms with Gasteiger partial charge in [-0.2, -0.15) is 0 Å². The van der Waals surface area contributed by atoms with E-state index in [-0.39, 0.29) is 0 Å². The molecule has 0 amide bonds. The lowest BCUT2D eigenvalue weighted by atomic mass is 9.90. The Kier molecular flexibility index (Phi) is 3.23. The molecule has 0 radical (unpaired) electrons. The summed E-state index contributed by atoms with van der Waals surface area (Å²) < 4.78 is 2.27. The van der Waals surface area contributed by atoms with Gasteiger partial charge in [0.15, 0.2) is 0 Å². The van der Waals surface area contributed by atoms with Crippen molar-refractivity contribution in [2.24, 2.45) is 0 Å². The number of para-hydroxylation sites is 1. The number of aryl methyl sites for hydroxylation is 1. The molecule has 2 aromatic rings. The van der Waals surface area contributed by atoms with E-state index in [1.165, 1.54) is 11.3 Å². The van der Waals surface area contributed by atoms with Crippen LogP contribution in [0.15, 0.2) is 24.3 Å². The summed E-state index contributed by atoms with van der Waals surface area (Å²) in [5, 5.41) is 12.2. The minimum Gasteiger partial charge on any atom is -0.385 e. The molecule has 0 fully saturated rings. The second-order valence-corrected chi connectivity index (χ2v) is 5.11. The summed E-state index contributed by atoms with van der Waals surface area (Å²) >= 11 is 0. The quantitative estimate of drug-likeness (QED) is 0.918. The highest BCUT2D eigenvalue weighted by atomic mass is 15.3. The van der Waals surface area contributed by atoms with Crippen LogP contribution in [0, 0.1) is 6.92 Å². The summed E-state index contributed by atoms with van der Waals surface area (Å²) in [6, 6.07) is 8.53. The van der Waals surface area contributed by atoms with Crippen LogP contribution in [0.5, 0.6) is 0 Å². The van der Waals surface area contributed by atoms with Gasteiger partial charge in [0, 0.05) is 24.7 Å². The average Bonchev–Trinajstić information content (AvgIpc) is 2.80. The van der Waals surface area contributed by atoms with E-state index in [0.29, 0.717) is 5.92 Å². The van der Waals surface area contributed by atoms with Gasteiger partial charge in [-0.3, -0.25) is 0 Å². The number of fused-ring (bicyclic) bond motifs is 1. The third-order valence-corrected chi connectivity index (χ3v) is 3.81. The Balaban J connectivity index is 2.04. The van der Waals surface area contributed by atoms with Gasteiger partial charge in [-0.15, -0.1) is 10.2 Å². The SMILES string of the molecule is CCCn1c(C)nnc1C1CCNc2ccccc21. The van der Waals surface area contributed by atoms with Crippen molar-refractivity contribution in [2.75, 3.05) is 11.9 Å². The fraction of sp³-hybridized carbons (Fsp3) is 0.467. The second kappa shape index (κ2) is 5.03. The summed E-state index contributed by atoms with van der Waals surface area (Å²) in [5.74, 6) is 2.51. The minimum absolute atomic E-state index is 0.366. The van der Waals surface area contributed by atoms with Gasteiger partial charge >= 0.3 is 0 Å². The number of nitrogens with one attached hydrogen (secondary N) is 1. The zero-order valence-electron chi connectivity index (χ0n) is 11.6. The van der Waals surface area contributed by atoms with Crippen molar-refractivity contribution in [3.8, 4) is 0 Å². The standard InChI is InChI=1S/C15H20N4/c1-3-10-19-11(2)17-18-15(19)13-8-9-16-14-7-5-4-6-12(13)14/h4-7,13,16H,3,8-10H2,1-2H3. The van der Waals surface area contributed by atoms with Crippen LogP contribution >= 0.6 is 0 Å². The molecule has 4 nitrogen and oxygen atoms in total. The highest BCUT2D eigenvalue weighted by molar-refractivity contribution is 5.56. The molecule has 0 spiro atoms. The van der Waals surface area contributed by atoms with Crippen molar-refractivity contribution in [2.45, 2.75) is 39.2 Å². The van der Waals surface area contributed by atoms with Crippen LogP contribution in [-0.4, -0.2) is 21.3 Å². The predicted octanol–water partition coefficient (Wildman–Crippen LogP) is 2.94. The van der Waals surface area contributed by atoms with Crippen molar-refractivity contribution in [3.05, 3.63) is 41.5 Å². The van der Waals surface area contributed by atoms with Crippen LogP contribution in [-0.2, 0) is 6.54 Å². The highest BCUT2D eigenvalue weighted by Gasteiger charge is 2.26. The number of rotatable bonds is 3. The second-order valence-electron chi connectivity index (χ2n) is 5.11. The molecule has 19 heavy (non-hydrogen) atoms. The fourth-order valence-electron chi connectivity index (χ4n) is 2.89. The van der Waals surface area contributed by atoms with Crippen molar-refractivity contribution in [1.82, 2.24) is 14.8 Å². The maximum absolute atomic E-state index is 4.44. The van der Waals surface area contributed by atoms with Crippen molar-refractivity contribution in [3.63, 3.8) is 0 Å². The lowest BCUT2D eigenvalue weighted by molar-refractivity contribution is 0.575. The van der Waals surface area contributed by atoms with Crippen LogP contribution in [0.2, 0.25) is 0 Å². The number of nitrogens with zero attached hydrogens (tertiary/aromatic N) is 3. The molecule has 2 heterocycles. The molecule has 1 aromatic heterocycles. The zero-order chi connectivity index (χ0) is 13.2. The number of hydrogen-bond acceptors (Lipinski definition) is 3. The van der Waals surface area contributed by atoms with E-state index >= 15 is 0 Å². The molecule has 3 rings (SSSR count). The summed E-state index contributed by atoms with van der Waals surface area (Å²) in [6.07, 6.45) is 2.19. The van der Waals surface area contributed by atoms with E-state index in [4.69, 9.17) is 0 Å². The Morgan fingerprint density at radius 2 is 2.16 bits per heavy atom. The number of anilines is 1. The highest BCUT2D eigenvalue weighted by Crippen LogP contribution is 2.35. The Labute approximate surface area is 113 Å². The van der Waals surface area contributed by atoms with Gasteiger partial charge in [0.25, 0.3) is 0 Å². The van der Waals surface area contributed by atoms with Gasteiger partial charge in [-0.1, -0.05) is 25.1 Å². The molecule has 0 bridgehead atoms. The maximum Gasteiger partial charge on any atom is 0.140 e. The van der Waals surface area contributed by atoms with E-state index in [9.17, 15) is 0 Å². The van der Waals surface area contributed by atoms with E-state index in [1.807, 2.05) is 6.92 Å². The van der Waals surface area contributed by atoms with Gasteiger partial charge in [-0.25, -0.2) is 0 Å². The van der Waals surface area contributed by atoms with E-state index < -0.39 is 0 Å². The predicted molar refractivity (Wildman–Crippen MR) is 76.4 cm³/mol. The third kappa shape index (κ3) is 2.11. The third-order valence-electron chi connectivity index (χ3n) is 3.81. The summed E-state index contributed by atoms with van der Waals surface area (Å²) in [6.45, 7) is 6.23. The normalized spacial score (nSPS) is 17.9. The first kappa shape index (κ1) is 12.2. The van der Waals surface area contributed by atoms with Crippen LogP contribution in [0.1, 0.15) is 42.9 Å². The summed E-state index contributed by atoms with van der Waals surface area (Å²) in [4.78, 5) is 0. The molecule has 4 heteroatoms. The first-order chi connectivity index (χ1) is 9.31. The molecular formula is C15H20N4.